The molecule has 0 unspecified atom stereocenters. The molecule has 0 aromatic heterocycles. The first kappa shape index (κ1) is 6.92. The molecule has 0 spiro atoms. The molecule has 0 saturated heterocycles. The average Bonchev–Trinajstić information content (AvgIpc) is 1.30. The number of hydrogen-bond acceptors (Lipinski definition) is 1. The van der Waals surface area contributed by atoms with Gasteiger partial charge in [0.15, 0.2) is 0 Å². The van der Waals surface area contributed by atoms with E-state index in [1.165, 1.54) is 0 Å². The third-order valence-electron chi connectivity index (χ3n) is 0.771. The van der Waals surface area contributed by atoms with Gasteiger partial charge in [0.2, 0.25) is 0 Å². The van der Waals surface area contributed by atoms with Gasteiger partial charge in [0.25, 0.3) is 0 Å². The summed E-state index contributed by atoms with van der Waals surface area (Å²) >= 11 is 0. The van der Waals surface area contributed by atoms with Gasteiger partial charge < -0.3 is 9.59 Å². The van der Waals surface area contributed by atoms with Crippen molar-refractivity contribution in [3.05, 3.63) is 0 Å². The Balaban J connectivity index is 3.15. The van der Waals surface area contributed by atoms with Crippen molar-refractivity contribution < 1.29 is 9.59 Å². The lowest BCUT2D eigenvalue weighted by Gasteiger charge is -2.21. The van der Waals surface area contributed by atoms with E-state index >= 15 is 0 Å². The van der Waals surface area contributed by atoms with Crippen LogP contribution in [-0.2, 0) is 0 Å². The van der Waals surface area contributed by atoms with Crippen molar-refractivity contribution in [2.75, 3.05) is 34.3 Å². The minimum absolute atomic E-state index is 0.281. The molecular weight excluding hydrogens is 94.0 g/mol. The fourth-order valence-electron chi connectivity index (χ4n) is 0.300. The van der Waals surface area contributed by atoms with Crippen LogP contribution in [0.2, 0.25) is 0 Å². The van der Waals surface area contributed by atoms with E-state index in [0.29, 0.717) is 0 Å². The summed E-state index contributed by atoms with van der Waals surface area (Å²) in [5.74, 6) is 0. The summed E-state index contributed by atoms with van der Waals surface area (Å²) in [4.78, 5) is 0. The summed E-state index contributed by atoms with van der Waals surface area (Å²) in [6.07, 6.45) is 0. The third kappa shape index (κ3) is 5.92. The number of aliphatic hydroxyl groups is 1. The number of nitrogens with zero attached hydrogens (tertiary/aromatic N) is 1. The van der Waals surface area contributed by atoms with Crippen molar-refractivity contribution in [2.45, 2.75) is 0 Å². The third-order valence-corrected chi connectivity index (χ3v) is 0.771. The monoisotopic (exact) mass is 108 g/mol. The molecule has 0 fully saturated rings. The van der Waals surface area contributed by atoms with Crippen LogP contribution in [0.5, 0.6) is 0 Å². The second-order valence-corrected chi connectivity index (χ2v) is 2.74. The maximum absolute atomic E-state index is 8.39. The Morgan fingerprint density at radius 2 is 1.71 bits per heavy atom. The van der Waals surface area contributed by atoms with Crippen LogP contribution >= 0.6 is 0 Å². The van der Waals surface area contributed by atoms with Crippen LogP contribution in [0.25, 0.3) is 0 Å². The minimum atomic E-state index is 0.281. The molecule has 2 nitrogen and oxygen atoms in total. The Kier molecular flexibility index (Phi) is 2.26. The van der Waals surface area contributed by atoms with Crippen molar-refractivity contribution in [1.82, 2.24) is 0 Å². The van der Waals surface area contributed by atoms with Gasteiger partial charge in [-0.25, -0.2) is 0 Å². The summed E-state index contributed by atoms with van der Waals surface area (Å²) in [5, 5.41) is 8.39. The summed E-state index contributed by atoms with van der Waals surface area (Å²) in [7, 11) is 6.16. The number of quaternary nitrogens is 1. The van der Waals surface area contributed by atoms with Crippen LogP contribution in [0.4, 0.5) is 0 Å². The number of aliphatic hydroxyl groups excluding tert-OH is 1. The Morgan fingerprint density at radius 1 is 1.29 bits per heavy atom. The summed E-state index contributed by atoms with van der Waals surface area (Å²) in [5.41, 5.74) is 0. The van der Waals surface area contributed by atoms with Gasteiger partial charge in [0, 0.05) is 0 Å². The van der Waals surface area contributed by atoms with Gasteiger partial charge in [-0.15, -0.1) is 0 Å². The standard InChI is InChI=1S/C5H14NO/c1-6(2,3)4-5-7/h7H,4-5H2,1-3H3/q+1/i1+1,2+1,3+1,6+1. The fourth-order valence-corrected chi connectivity index (χ4v) is 0.300. The Morgan fingerprint density at radius 3 is 1.71 bits per heavy atom. The second kappa shape index (κ2) is 2.28. The van der Waals surface area contributed by atoms with Crippen LogP contribution in [0.1, 0.15) is 0 Å². The Bertz CT molecular complexity index is 46.5. The van der Waals surface area contributed by atoms with Gasteiger partial charge in [-0.2, -0.15) is 0 Å². The average molecular weight is 108 g/mol. The van der Waals surface area contributed by atoms with E-state index in [4.69, 9.17) is 5.11 Å². The smallest absolute Gasteiger partial charge is 0.101 e. The highest BCUT2D eigenvalue weighted by atomic mass is 16.3. The Labute approximate surface area is 45.0 Å². The van der Waals surface area contributed by atoms with E-state index in [-0.39, 0.29) is 6.61 Å². The molecular formula is C5H14NO+. The predicted molar refractivity (Wildman–Crippen MR) is 30.0 cm³/mol. The summed E-state index contributed by atoms with van der Waals surface area (Å²) in [6.45, 7) is 1.11. The second-order valence-electron chi connectivity index (χ2n) is 2.74. The molecule has 0 amide bonds. The van der Waals surface area contributed by atoms with Crippen LogP contribution in [0, 0.1) is 0 Å². The molecule has 0 aromatic rings. The zero-order valence-electron chi connectivity index (χ0n) is 5.31. The summed E-state index contributed by atoms with van der Waals surface area (Å²) in [6, 6.07) is 0. The normalized spacial score (nSPS) is 12.0. The van der Waals surface area contributed by atoms with Crippen LogP contribution in [0.15, 0.2) is 0 Å². The number of likely N-dealkylation sites (N-methyl/N-ethyl adjacent to an activating group) is 1. The molecule has 0 heterocycles. The molecule has 0 radical (unpaired) electrons. The zero-order chi connectivity index (χ0) is 5.91. The van der Waals surface area contributed by atoms with Gasteiger partial charge in [-0.1, -0.05) is 0 Å². The largest absolute Gasteiger partial charge is 0.391 e. The zero-order valence-corrected chi connectivity index (χ0v) is 5.31. The first-order valence-corrected chi connectivity index (χ1v) is 2.47. The lowest BCUT2D eigenvalue weighted by molar-refractivity contribution is -0.870. The van der Waals surface area contributed by atoms with Crippen molar-refractivity contribution in [3.63, 3.8) is 0 Å². The SMILES string of the molecule is [13CH3][15N+]([13CH3])([13CH3])CCO. The van der Waals surface area contributed by atoms with Crippen LogP contribution < -0.4 is 0 Å². The molecule has 0 aromatic carbocycles. The molecule has 44 valence electrons. The van der Waals surface area contributed by atoms with E-state index in [2.05, 4.69) is 21.1 Å². The lowest BCUT2D eigenvalue weighted by atomic mass is 10.7. The number of hydrogen-bond donors (Lipinski definition) is 1. The molecule has 2 heteroatoms. The first-order chi connectivity index (χ1) is 3.06. The molecule has 0 aliphatic heterocycles. The van der Waals surface area contributed by atoms with E-state index < -0.39 is 0 Å². The predicted octanol–water partition coefficient (Wildman–Crippen LogP) is -0.315. The maximum Gasteiger partial charge on any atom is 0.101 e. The van der Waals surface area contributed by atoms with Crippen molar-refractivity contribution in [3.8, 4) is 0 Å². The van der Waals surface area contributed by atoms with Gasteiger partial charge in [-0.3, -0.25) is 0 Å². The maximum atomic E-state index is 8.39. The van der Waals surface area contributed by atoms with Crippen molar-refractivity contribution >= 4 is 0 Å². The van der Waals surface area contributed by atoms with E-state index in [9.17, 15) is 0 Å². The lowest BCUT2D eigenvalue weighted by Crippen LogP contribution is -2.36. The molecule has 0 aliphatic carbocycles. The highest BCUT2D eigenvalue weighted by Gasteiger charge is 2.02. The highest BCUT2D eigenvalue weighted by molar-refractivity contribution is 4.19. The van der Waals surface area contributed by atoms with Crippen molar-refractivity contribution in [1.29, 1.82) is 0 Å². The molecule has 0 bridgehead atoms. The van der Waals surface area contributed by atoms with Gasteiger partial charge in [-0.05, 0) is 0 Å². The van der Waals surface area contributed by atoms with E-state index in [0.717, 1.165) is 11.0 Å². The Hall–Kier alpha value is -0.0800. The van der Waals surface area contributed by atoms with Crippen LogP contribution in [0.3, 0.4) is 0 Å². The number of rotatable bonds is 2. The highest BCUT2D eigenvalue weighted by Crippen LogP contribution is 1.84. The quantitative estimate of drug-likeness (QED) is 0.292. The van der Waals surface area contributed by atoms with E-state index in [1.54, 1.807) is 0 Å². The van der Waals surface area contributed by atoms with Gasteiger partial charge >= 0.3 is 0 Å². The molecule has 7 heavy (non-hydrogen) atoms. The van der Waals surface area contributed by atoms with Crippen LogP contribution in [-0.4, -0.2) is 43.9 Å². The molecule has 1 N–H and O–H groups in total. The van der Waals surface area contributed by atoms with Gasteiger partial charge in [0.05, 0.1) is 27.7 Å². The first-order valence-electron chi connectivity index (χ1n) is 2.47. The van der Waals surface area contributed by atoms with Crippen molar-refractivity contribution in [2.24, 2.45) is 0 Å². The molecule has 0 saturated carbocycles. The molecule has 0 aliphatic rings. The molecule has 0 rings (SSSR count). The fraction of sp³-hybridized carbons (Fsp3) is 1.00. The topological polar surface area (TPSA) is 20.2 Å². The van der Waals surface area contributed by atoms with Gasteiger partial charge in [0.1, 0.15) is 6.54 Å². The minimum Gasteiger partial charge on any atom is -0.391 e. The molecule has 0 atom stereocenters. The van der Waals surface area contributed by atoms with E-state index in [1.807, 2.05) is 0 Å². The summed E-state index contributed by atoms with van der Waals surface area (Å²) < 4.78 is 0.844.